The third kappa shape index (κ3) is 4.50. The second kappa shape index (κ2) is 7.86. The van der Waals surface area contributed by atoms with E-state index >= 15 is 0 Å². The Bertz CT molecular complexity index is 493. The minimum absolute atomic E-state index is 0.400. The quantitative estimate of drug-likeness (QED) is 0.750. The summed E-state index contributed by atoms with van der Waals surface area (Å²) in [5.41, 5.74) is 0. The number of ether oxygens (including phenoxy) is 1. The second-order valence-corrected chi connectivity index (χ2v) is 4.94. The molecule has 0 aromatic carbocycles. The monoisotopic (exact) mass is 294 g/mol. The predicted octanol–water partition coefficient (Wildman–Crippen LogP) is 2.97. The molecule has 2 rings (SSSR count). The molecule has 108 valence electrons. The van der Waals surface area contributed by atoms with Crippen molar-refractivity contribution in [2.45, 2.75) is 37.1 Å². The van der Waals surface area contributed by atoms with Gasteiger partial charge in [0, 0.05) is 19.2 Å². The summed E-state index contributed by atoms with van der Waals surface area (Å²) in [4.78, 5) is 12.9. The molecular formula is C13H18N4O2S. The lowest BCUT2D eigenvalue weighted by Crippen LogP contribution is -2.07. The standard InChI is InChI=1S/C13H18N4O2S/c1-3-5-14-10-8-12(20-13-15-6-7-19-13)17-11(16-10)9-18-4-2/h6-8H,3-5,9H2,1-2H3,(H,14,16,17). The molecular weight excluding hydrogens is 276 g/mol. The van der Waals surface area contributed by atoms with Crippen LogP contribution in [0.25, 0.3) is 0 Å². The maximum atomic E-state index is 5.37. The normalized spacial score (nSPS) is 10.7. The van der Waals surface area contributed by atoms with Crippen LogP contribution in [0, 0.1) is 0 Å². The molecule has 0 unspecified atom stereocenters. The average Bonchev–Trinajstić information content (AvgIpc) is 2.95. The molecule has 2 aromatic heterocycles. The highest BCUT2D eigenvalue weighted by Gasteiger charge is 2.08. The minimum atomic E-state index is 0.400. The first-order valence-corrected chi connectivity index (χ1v) is 7.40. The Morgan fingerprint density at radius 2 is 2.25 bits per heavy atom. The van der Waals surface area contributed by atoms with Crippen molar-refractivity contribution < 1.29 is 9.15 Å². The van der Waals surface area contributed by atoms with Crippen LogP contribution in [0.15, 0.2) is 33.2 Å². The Morgan fingerprint density at radius 3 is 2.95 bits per heavy atom. The van der Waals surface area contributed by atoms with E-state index in [1.54, 1.807) is 12.5 Å². The molecule has 0 amide bonds. The summed E-state index contributed by atoms with van der Waals surface area (Å²) in [6, 6.07) is 1.89. The van der Waals surface area contributed by atoms with Crippen LogP contribution in [0.2, 0.25) is 0 Å². The summed E-state index contributed by atoms with van der Waals surface area (Å²) >= 11 is 1.37. The van der Waals surface area contributed by atoms with Crippen LogP contribution in [0.4, 0.5) is 5.82 Å². The lowest BCUT2D eigenvalue weighted by Gasteiger charge is -2.08. The molecule has 0 bridgehead atoms. The van der Waals surface area contributed by atoms with Crippen LogP contribution in [-0.4, -0.2) is 28.1 Å². The fourth-order valence-electron chi connectivity index (χ4n) is 1.48. The number of aromatic nitrogens is 3. The van der Waals surface area contributed by atoms with Crippen LogP contribution in [0.1, 0.15) is 26.1 Å². The van der Waals surface area contributed by atoms with E-state index in [9.17, 15) is 0 Å². The van der Waals surface area contributed by atoms with Gasteiger partial charge in [0.25, 0.3) is 5.22 Å². The molecule has 0 radical (unpaired) electrons. The van der Waals surface area contributed by atoms with Crippen LogP contribution in [-0.2, 0) is 11.3 Å². The summed E-state index contributed by atoms with van der Waals surface area (Å²) in [7, 11) is 0. The average molecular weight is 294 g/mol. The van der Waals surface area contributed by atoms with Gasteiger partial charge < -0.3 is 14.5 Å². The predicted molar refractivity (Wildman–Crippen MR) is 76.8 cm³/mol. The van der Waals surface area contributed by atoms with Crippen molar-refractivity contribution in [3.05, 3.63) is 24.4 Å². The Kier molecular flexibility index (Phi) is 5.82. The number of rotatable bonds is 8. The number of nitrogens with zero attached hydrogens (tertiary/aromatic N) is 3. The lowest BCUT2D eigenvalue weighted by molar-refractivity contribution is 0.128. The maximum Gasteiger partial charge on any atom is 0.261 e. The number of oxazole rings is 1. The zero-order chi connectivity index (χ0) is 14.2. The van der Waals surface area contributed by atoms with Crippen molar-refractivity contribution >= 4 is 17.6 Å². The topological polar surface area (TPSA) is 73.1 Å². The van der Waals surface area contributed by atoms with Gasteiger partial charge in [0.15, 0.2) is 5.82 Å². The van der Waals surface area contributed by atoms with Crippen molar-refractivity contribution in [3.8, 4) is 0 Å². The van der Waals surface area contributed by atoms with Crippen LogP contribution < -0.4 is 5.32 Å². The first-order chi connectivity index (χ1) is 9.81. The molecule has 0 saturated carbocycles. The first-order valence-electron chi connectivity index (χ1n) is 6.58. The number of hydrogen-bond acceptors (Lipinski definition) is 7. The highest BCUT2D eigenvalue weighted by Crippen LogP contribution is 2.26. The molecule has 0 saturated heterocycles. The van der Waals surface area contributed by atoms with Gasteiger partial charge in [-0.25, -0.2) is 15.0 Å². The van der Waals surface area contributed by atoms with E-state index in [0.29, 0.717) is 24.3 Å². The Balaban J connectivity index is 2.15. The first kappa shape index (κ1) is 14.8. The summed E-state index contributed by atoms with van der Waals surface area (Å²) in [5.74, 6) is 1.45. The molecule has 7 heteroatoms. The Hall–Kier alpha value is -1.60. The lowest BCUT2D eigenvalue weighted by atomic mass is 10.4. The summed E-state index contributed by atoms with van der Waals surface area (Å²) < 4.78 is 10.6. The van der Waals surface area contributed by atoms with Crippen LogP contribution in [0.5, 0.6) is 0 Å². The summed E-state index contributed by atoms with van der Waals surface area (Å²) in [6.07, 6.45) is 4.19. The van der Waals surface area contributed by atoms with E-state index in [0.717, 1.165) is 23.8 Å². The van der Waals surface area contributed by atoms with Crippen LogP contribution in [0.3, 0.4) is 0 Å². The highest BCUT2D eigenvalue weighted by molar-refractivity contribution is 7.99. The van der Waals surface area contributed by atoms with Gasteiger partial charge in [-0.2, -0.15) is 0 Å². The molecule has 0 aliphatic carbocycles. The second-order valence-electron chi connectivity index (χ2n) is 3.97. The zero-order valence-corrected chi connectivity index (χ0v) is 12.4. The molecule has 0 aliphatic heterocycles. The van der Waals surface area contributed by atoms with E-state index in [4.69, 9.17) is 9.15 Å². The van der Waals surface area contributed by atoms with Gasteiger partial charge in [0.1, 0.15) is 23.7 Å². The van der Waals surface area contributed by atoms with Gasteiger partial charge in [0.2, 0.25) is 0 Å². The number of hydrogen-bond donors (Lipinski definition) is 1. The van der Waals surface area contributed by atoms with Gasteiger partial charge >= 0.3 is 0 Å². The van der Waals surface area contributed by atoms with Gasteiger partial charge in [0.05, 0.1) is 6.20 Å². The third-order valence-corrected chi connectivity index (χ3v) is 3.14. The highest BCUT2D eigenvalue weighted by atomic mass is 32.2. The fraction of sp³-hybridized carbons (Fsp3) is 0.462. The Labute approximate surface area is 122 Å². The zero-order valence-electron chi connectivity index (χ0n) is 11.6. The van der Waals surface area contributed by atoms with Crippen LogP contribution >= 0.6 is 11.8 Å². The smallest absolute Gasteiger partial charge is 0.261 e. The molecule has 2 aromatic rings. The largest absolute Gasteiger partial charge is 0.440 e. The molecule has 0 aliphatic rings. The Morgan fingerprint density at radius 1 is 1.35 bits per heavy atom. The van der Waals surface area contributed by atoms with Crippen molar-refractivity contribution in [1.82, 2.24) is 15.0 Å². The van der Waals surface area contributed by atoms with E-state index in [1.807, 2.05) is 13.0 Å². The van der Waals surface area contributed by atoms with Crippen molar-refractivity contribution in [2.75, 3.05) is 18.5 Å². The maximum absolute atomic E-state index is 5.37. The molecule has 6 nitrogen and oxygen atoms in total. The number of anilines is 1. The molecule has 20 heavy (non-hydrogen) atoms. The van der Waals surface area contributed by atoms with Gasteiger partial charge in [-0.3, -0.25) is 0 Å². The van der Waals surface area contributed by atoms with E-state index < -0.39 is 0 Å². The third-order valence-electron chi connectivity index (χ3n) is 2.34. The van der Waals surface area contributed by atoms with E-state index in [2.05, 4.69) is 27.2 Å². The minimum Gasteiger partial charge on any atom is -0.440 e. The summed E-state index contributed by atoms with van der Waals surface area (Å²) in [6.45, 7) is 5.96. The van der Waals surface area contributed by atoms with Crippen molar-refractivity contribution in [1.29, 1.82) is 0 Å². The van der Waals surface area contributed by atoms with E-state index in [1.165, 1.54) is 11.8 Å². The van der Waals surface area contributed by atoms with Gasteiger partial charge in [-0.1, -0.05) is 6.92 Å². The molecule has 0 spiro atoms. The number of nitrogens with one attached hydrogen (secondary N) is 1. The SMILES string of the molecule is CCCNc1cc(Sc2ncco2)nc(COCC)n1. The molecule has 2 heterocycles. The summed E-state index contributed by atoms with van der Waals surface area (Å²) in [5, 5.41) is 4.61. The molecule has 0 fully saturated rings. The van der Waals surface area contributed by atoms with Crippen molar-refractivity contribution in [2.24, 2.45) is 0 Å². The molecule has 1 N–H and O–H groups in total. The molecule has 0 atom stereocenters. The van der Waals surface area contributed by atoms with E-state index in [-0.39, 0.29) is 0 Å². The fourth-order valence-corrected chi connectivity index (χ4v) is 2.19. The van der Waals surface area contributed by atoms with Crippen molar-refractivity contribution in [3.63, 3.8) is 0 Å². The van der Waals surface area contributed by atoms with Gasteiger partial charge in [-0.15, -0.1) is 0 Å². The van der Waals surface area contributed by atoms with Gasteiger partial charge in [-0.05, 0) is 25.1 Å².